The van der Waals surface area contributed by atoms with E-state index in [1.807, 2.05) is 4.90 Å². The lowest BCUT2D eigenvalue weighted by atomic mass is 9.89. The minimum atomic E-state index is -3.59. The van der Waals surface area contributed by atoms with Gasteiger partial charge in [-0.1, -0.05) is 12.8 Å². The van der Waals surface area contributed by atoms with Crippen LogP contribution in [0.3, 0.4) is 0 Å². The Morgan fingerprint density at radius 3 is 2.54 bits per heavy atom. The summed E-state index contributed by atoms with van der Waals surface area (Å²) in [5, 5.41) is 0. The molecule has 2 heterocycles. The van der Waals surface area contributed by atoms with Crippen molar-refractivity contribution in [1.29, 1.82) is 0 Å². The minimum Gasteiger partial charge on any atom is -0.374 e. The van der Waals surface area contributed by atoms with Gasteiger partial charge in [0.1, 0.15) is 0 Å². The van der Waals surface area contributed by atoms with Crippen LogP contribution in [0.2, 0.25) is 0 Å². The molecule has 1 aromatic carbocycles. The third-order valence-corrected chi connectivity index (χ3v) is 7.11. The van der Waals surface area contributed by atoms with E-state index in [0.29, 0.717) is 24.4 Å². The van der Waals surface area contributed by atoms with Gasteiger partial charge in [-0.25, -0.2) is 12.7 Å². The van der Waals surface area contributed by atoms with Crippen molar-refractivity contribution in [2.75, 3.05) is 23.2 Å². The highest BCUT2D eigenvalue weighted by molar-refractivity contribution is 7.94. The van der Waals surface area contributed by atoms with Crippen LogP contribution >= 0.6 is 0 Å². The fourth-order valence-corrected chi connectivity index (χ4v) is 5.58. The van der Waals surface area contributed by atoms with Crippen molar-refractivity contribution in [2.24, 2.45) is 0 Å². The Labute approximate surface area is 153 Å². The van der Waals surface area contributed by atoms with Gasteiger partial charge in [0.25, 0.3) is 5.91 Å². The molecule has 3 aliphatic rings. The number of benzene rings is 1. The molecule has 0 radical (unpaired) electrons. The number of hydrogen-bond donors (Lipinski definition) is 0. The Balaban J connectivity index is 1.55. The van der Waals surface area contributed by atoms with Gasteiger partial charge < -0.3 is 9.64 Å². The number of rotatable bonds is 2. The molecule has 1 aliphatic carbocycles. The molecule has 2 unspecified atom stereocenters. The number of fused-ring (bicyclic) bond motifs is 1. The fraction of sp³-hybridized carbons (Fsp3) is 0.556. The number of sulfonamides is 1. The van der Waals surface area contributed by atoms with Crippen LogP contribution in [0.1, 0.15) is 42.5 Å². The normalized spacial score (nSPS) is 28.1. The van der Waals surface area contributed by atoms with Crippen LogP contribution in [0, 0.1) is 0 Å². The lowest BCUT2D eigenvalue weighted by molar-refractivity contribution is -0.116. The first-order valence-corrected chi connectivity index (χ1v) is 10.7. The Morgan fingerprint density at radius 2 is 1.85 bits per heavy atom. The zero-order valence-corrected chi connectivity index (χ0v) is 15.3. The molecule has 1 aromatic rings. The molecule has 2 aliphatic heterocycles. The van der Waals surface area contributed by atoms with Crippen LogP contribution < -0.4 is 4.31 Å². The summed E-state index contributed by atoms with van der Waals surface area (Å²) in [6, 6.07) is 6.39. The molecule has 1 saturated carbocycles. The maximum atomic E-state index is 13.0. The molecule has 8 heteroatoms. The largest absolute Gasteiger partial charge is 0.374 e. The third kappa shape index (κ3) is 3.01. The van der Waals surface area contributed by atoms with Crippen LogP contribution in [0.5, 0.6) is 0 Å². The van der Waals surface area contributed by atoms with Gasteiger partial charge >= 0.3 is 0 Å². The highest BCUT2D eigenvalue weighted by Gasteiger charge is 2.38. The number of carbonyl (C=O) groups excluding carboxylic acids is 2. The molecular weight excluding hydrogens is 356 g/mol. The highest BCUT2D eigenvalue weighted by atomic mass is 32.2. The number of anilines is 1. The molecule has 2 saturated heterocycles. The molecule has 26 heavy (non-hydrogen) atoms. The van der Waals surface area contributed by atoms with Gasteiger partial charge in [-0.05, 0) is 37.1 Å². The second kappa shape index (κ2) is 6.66. The lowest BCUT2D eigenvalue weighted by Gasteiger charge is -2.43. The number of morpholine rings is 1. The topological polar surface area (TPSA) is 84.0 Å². The molecule has 0 N–H and O–H groups in total. The second-order valence-electron chi connectivity index (χ2n) is 7.03. The summed E-state index contributed by atoms with van der Waals surface area (Å²) in [5.74, 6) is -0.654. The molecule has 0 bridgehead atoms. The average Bonchev–Trinajstić information content (AvgIpc) is 2.93. The van der Waals surface area contributed by atoms with E-state index in [0.717, 1.165) is 30.0 Å². The summed E-state index contributed by atoms with van der Waals surface area (Å²) in [5.41, 5.74) is 0.797. The van der Waals surface area contributed by atoms with Gasteiger partial charge in [0.15, 0.2) is 0 Å². The smallest absolute Gasteiger partial charge is 0.254 e. The standard InChI is InChI=1S/C18H22N2O5S/c21-17-9-12-26(23,24)20(17)14-7-5-13(6-8-14)18(22)19-10-11-25-16-4-2-1-3-15(16)19/h5-8,15-16H,1-4,9-12H2. The minimum absolute atomic E-state index is 0.000137. The van der Waals surface area contributed by atoms with Crippen molar-refractivity contribution in [3.8, 4) is 0 Å². The Bertz CT molecular complexity index is 818. The SMILES string of the molecule is O=C(c1ccc(N2C(=O)CCS2(=O)=O)cc1)N1CCOC2CCCCC21. The summed E-state index contributed by atoms with van der Waals surface area (Å²) in [6.45, 7) is 1.12. The molecule has 0 spiro atoms. The van der Waals surface area contributed by atoms with Crippen molar-refractivity contribution >= 4 is 27.5 Å². The van der Waals surface area contributed by atoms with E-state index in [-0.39, 0.29) is 30.2 Å². The van der Waals surface area contributed by atoms with Crippen molar-refractivity contribution < 1.29 is 22.7 Å². The summed E-state index contributed by atoms with van der Waals surface area (Å²) >= 11 is 0. The predicted molar refractivity (Wildman–Crippen MR) is 95.4 cm³/mol. The van der Waals surface area contributed by atoms with Gasteiger partial charge in [0.05, 0.1) is 30.2 Å². The zero-order valence-electron chi connectivity index (χ0n) is 14.5. The Morgan fingerprint density at radius 1 is 1.12 bits per heavy atom. The zero-order chi connectivity index (χ0) is 18.3. The van der Waals surface area contributed by atoms with Gasteiger partial charge in [0.2, 0.25) is 15.9 Å². The average molecular weight is 378 g/mol. The Kier molecular flexibility index (Phi) is 4.48. The van der Waals surface area contributed by atoms with Crippen LogP contribution in [-0.2, 0) is 19.6 Å². The molecular formula is C18H22N2O5S. The van der Waals surface area contributed by atoms with Crippen LogP contribution in [0.25, 0.3) is 0 Å². The summed E-state index contributed by atoms with van der Waals surface area (Å²) in [7, 11) is -3.59. The van der Waals surface area contributed by atoms with Crippen molar-refractivity contribution in [2.45, 2.75) is 44.2 Å². The van der Waals surface area contributed by atoms with E-state index in [4.69, 9.17) is 4.74 Å². The van der Waals surface area contributed by atoms with E-state index in [1.54, 1.807) is 12.1 Å². The first kappa shape index (κ1) is 17.5. The van der Waals surface area contributed by atoms with Gasteiger partial charge in [-0.15, -0.1) is 0 Å². The van der Waals surface area contributed by atoms with Crippen molar-refractivity contribution in [1.82, 2.24) is 4.90 Å². The predicted octanol–water partition coefficient (Wildman–Crippen LogP) is 1.54. The van der Waals surface area contributed by atoms with E-state index in [1.165, 1.54) is 12.1 Å². The maximum Gasteiger partial charge on any atom is 0.254 e. The molecule has 2 amide bonds. The first-order valence-electron chi connectivity index (χ1n) is 9.06. The number of ether oxygens (including phenoxy) is 1. The van der Waals surface area contributed by atoms with E-state index >= 15 is 0 Å². The van der Waals surface area contributed by atoms with E-state index in [2.05, 4.69) is 0 Å². The summed E-state index contributed by atoms with van der Waals surface area (Å²) in [6.07, 6.45) is 4.29. The number of nitrogens with zero attached hydrogens (tertiary/aromatic N) is 2. The van der Waals surface area contributed by atoms with Crippen LogP contribution in [0.15, 0.2) is 24.3 Å². The monoisotopic (exact) mass is 378 g/mol. The Hall–Kier alpha value is -1.93. The molecule has 2 atom stereocenters. The summed E-state index contributed by atoms with van der Waals surface area (Å²) in [4.78, 5) is 26.7. The molecule has 140 valence electrons. The maximum absolute atomic E-state index is 13.0. The van der Waals surface area contributed by atoms with Crippen molar-refractivity contribution in [3.63, 3.8) is 0 Å². The van der Waals surface area contributed by atoms with Crippen molar-refractivity contribution in [3.05, 3.63) is 29.8 Å². The van der Waals surface area contributed by atoms with Crippen LogP contribution in [-0.4, -0.2) is 56.2 Å². The molecule has 4 rings (SSSR count). The molecule has 0 aromatic heterocycles. The second-order valence-corrected chi connectivity index (χ2v) is 8.97. The number of amides is 2. The van der Waals surface area contributed by atoms with E-state index in [9.17, 15) is 18.0 Å². The number of hydrogen-bond acceptors (Lipinski definition) is 5. The quantitative estimate of drug-likeness (QED) is 0.779. The highest BCUT2D eigenvalue weighted by Crippen LogP contribution is 2.30. The van der Waals surface area contributed by atoms with E-state index < -0.39 is 15.9 Å². The first-order chi connectivity index (χ1) is 12.5. The van der Waals surface area contributed by atoms with Crippen LogP contribution in [0.4, 0.5) is 5.69 Å². The van der Waals surface area contributed by atoms with Gasteiger partial charge in [0, 0.05) is 18.5 Å². The third-order valence-electron chi connectivity index (χ3n) is 5.42. The van der Waals surface area contributed by atoms with Gasteiger partial charge in [-0.3, -0.25) is 9.59 Å². The fourth-order valence-electron chi connectivity index (χ4n) is 4.12. The summed E-state index contributed by atoms with van der Waals surface area (Å²) < 4.78 is 30.7. The molecule has 7 nitrogen and oxygen atoms in total. The van der Waals surface area contributed by atoms with Gasteiger partial charge in [-0.2, -0.15) is 0 Å². The molecule has 3 fully saturated rings. The lowest BCUT2D eigenvalue weighted by Crippen LogP contribution is -2.54. The number of carbonyl (C=O) groups is 2.